The second-order valence-corrected chi connectivity index (χ2v) is 10.8. The van der Waals surface area contributed by atoms with Crippen LogP contribution in [0, 0.1) is 0 Å². The third-order valence-corrected chi connectivity index (χ3v) is 8.63. The van der Waals surface area contributed by atoms with Crippen molar-refractivity contribution in [1.82, 2.24) is 14.8 Å². The van der Waals surface area contributed by atoms with Gasteiger partial charge in [0, 0.05) is 44.0 Å². The van der Waals surface area contributed by atoms with Gasteiger partial charge in [-0.1, -0.05) is 55.7 Å². The van der Waals surface area contributed by atoms with Gasteiger partial charge in [-0.25, -0.2) is 4.98 Å². The molecule has 1 aliphatic carbocycles. The zero-order valence-corrected chi connectivity index (χ0v) is 22.5. The molecule has 1 saturated carbocycles. The van der Waals surface area contributed by atoms with Crippen LogP contribution in [-0.2, 0) is 4.79 Å². The molecule has 0 radical (unpaired) electrons. The van der Waals surface area contributed by atoms with Crippen LogP contribution in [0.5, 0.6) is 5.75 Å². The first-order valence-electron chi connectivity index (χ1n) is 14.2. The maximum absolute atomic E-state index is 14.5. The van der Waals surface area contributed by atoms with Gasteiger partial charge in [-0.05, 0) is 54.3 Å². The molecule has 2 fully saturated rings. The fourth-order valence-corrected chi connectivity index (χ4v) is 6.63. The smallest absolute Gasteiger partial charge is 0.254 e. The van der Waals surface area contributed by atoms with Crippen LogP contribution in [0.1, 0.15) is 65.5 Å². The Hall–Kier alpha value is -3.87. The highest BCUT2D eigenvalue weighted by Crippen LogP contribution is 2.46. The molecule has 0 spiro atoms. The predicted octanol–water partition coefficient (Wildman–Crippen LogP) is 5.05. The Morgan fingerprint density at radius 2 is 1.59 bits per heavy atom. The summed E-state index contributed by atoms with van der Waals surface area (Å²) in [6.07, 6.45) is 7.18. The topological polar surface area (TPSA) is 66.0 Å². The van der Waals surface area contributed by atoms with Gasteiger partial charge in [0.15, 0.2) is 0 Å². The summed E-state index contributed by atoms with van der Waals surface area (Å²) in [5, 5.41) is 0. The zero-order valence-electron chi connectivity index (χ0n) is 22.5. The number of methoxy groups -OCH3 is 1. The molecular formula is C32H36N4O3. The van der Waals surface area contributed by atoms with Gasteiger partial charge in [-0.3, -0.25) is 9.59 Å². The lowest BCUT2D eigenvalue weighted by atomic mass is 9.77. The van der Waals surface area contributed by atoms with Crippen LogP contribution in [0.3, 0.4) is 0 Å². The lowest BCUT2D eigenvalue weighted by Gasteiger charge is -2.48. The maximum Gasteiger partial charge on any atom is 0.254 e. The van der Waals surface area contributed by atoms with Crippen molar-refractivity contribution in [2.24, 2.45) is 0 Å². The number of amides is 2. The third kappa shape index (κ3) is 4.86. The first-order valence-corrected chi connectivity index (χ1v) is 14.2. The summed E-state index contributed by atoms with van der Waals surface area (Å²) in [6, 6.07) is 21.4. The molecule has 1 aromatic heterocycles. The standard InChI is InChI=1S/C32H36N4O3/c1-39-25-16-14-23(15-17-25)30-29(32(38)35-21-19-34(20-22-35)28-13-7-8-18-33-28)26-11-5-6-12-27(26)31(37)36(30)24-9-3-2-4-10-24/h5-8,11-18,24,29-30H,2-4,9-10,19-22H2,1H3/t29-,30+/m1/s1. The lowest BCUT2D eigenvalue weighted by molar-refractivity contribution is -0.135. The van der Waals surface area contributed by atoms with Crippen LogP contribution >= 0.6 is 0 Å². The van der Waals surface area contributed by atoms with Gasteiger partial charge in [-0.15, -0.1) is 0 Å². The molecule has 3 heterocycles. The highest BCUT2D eigenvalue weighted by molar-refractivity contribution is 6.01. The number of pyridine rings is 1. The van der Waals surface area contributed by atoms with Crippen molar-refractivity contribution in [2.75, 3.05) is 38.2 Å². The Morgan fingerprint density at radius 1 is 0.872 bits per heavy atom. The normalized spacial score (nSPS) is 22.0. The Labute approximate surface area is 230 Å². The number of aromatic nitrogens is 1. The van der Waals surface area contributed by atoms with Crippen LogP contribution in [0.15, 0.2) is 72.9 Å². The van der Waals surface area contributed by atoms with E-state index in [0.717, 1.165) is 61.5 Å². The second kappa shape index (κ2) is 11.1. The molecule has 0 unspecified atom stereocenters. The summed E-state index contributed by atoms with van der Waals surface area (Å²) in [5.74, 6) is 1.38. The summed E-state index contributed by atoms with van der Waals surface area (Å²) >= 11 is 0. The summed E-state index contributed by atoms with van der Waals surface area (Å²) in [4.78, 5) is 39.4. The molecule has 0 N–H and O–H groups in total. The first-order chi connectivity index (χ1) is 19.2. The monoisotopic (exact) mass is 524 g/mol. The fraction of sp³-hybridized carbons (Fsp3) is 0.406. The molecule has 7 nitrogen and oxygen atoms in total. The molecule has 2 amide bonds. The quantitative estimate of drug-likeness (QED) is 0.467. The summed E-state index contributed by atoms with van der Waals surface area (Å²) < 4.78 is 5.43. The summed E-state index contributed by atoms with van der Waals surface area (Å²) in [6.45, 7) is 2.72. The van der Waals surface area contributed by atoms with Gasteiger partial charge in [0.25, 0.3) is 5.91 Å². The Balaban J connectivity index is 1.38. The Bertz CT molecular complexity index is 1300. The van der Waals surface area contributed by atoms with Crippen molar-refractivity contribution in [3.8, 4) is 5.75 Å². The van der Waals surface area contributed by atoms with Crippen LogP contribution in [-0.4, -0.2) is 65.9 Å². The highest BCUT2D eigenvalue weighted by Gasteiger charge is 2.48. The summed E-state index contributed by atoms with van der Waals surface area (Å²) in [5.41, 5.74) is 2.49. The van der Waals surface area contributed by atoms with Crippen molar-refractivity contribution in [3.63, 3.8) is 0 Å². The fourth-order valence-electron chi connectivity index (χ4n) is 6.63. The lowest BCUT2D eigenvalue weighted by Crippen LogP contribution is -2.55. The van der Waals surface area contributed by atoms with Gasteiger partial charge in [0.2, 0.25) is 5.91 Å². The van der Waals surface area contributed by atoms with Crippen molar-refractivity contribution < 1.29 is 14.3 Å². The first kappa shape index (κ1) is 25.4. The van der Waals surface area contributed by atoms with Crippen molar-refractivity contribution in [3.05, 3.63) is 89.6 Å². The number of ether oxygens (including phenoxy) is 1. The van der Waals surface area contributed by atoms with E-state index in [0.29, 0.717) is 18.7 Å². The Kier molecular flexibility index (Phi) is 7.22. The number of fused-ring (bicyclic) bond motifs is 1. The maximum atomic E-state index is 14.5. The third-order valence-electron chi connectivity index (χ3n) is 8.63. The summed E-state index contributed by atoms with van der Waals surface area (Å²) in [7, 11) is 1.65. The van der Waals surface area contributed by atoms with Crippen LogP contribution in [0.4, 0.5) is 5.82 Å². The number of benzene rings is 2. The molecule has 1 saturated heterocycles. The molecule has 202 valence electrons. The van der Waals surface area contributed by atoms with E-state index in [1.165, 1.54) is 6.42 Å². The molecule has 7 heteroatoms. The number of anilines is 1. The molecule has 2 aromatic carbocycles. The number of carbonyl (C=O) groups excluding carboxylic acids is 2. The van der Waals surface area contributed by atoms with Crippen molar-refractivity contribution in [1.29, 1.82) is 0 Å². The minimum atomic E-state index is -0.462. The highest BCUT2D eigenvalue weighted by atomic mass is 16.5. The number of piperazine rings is 1. The molecule has 39 heavy (non-hydrogen) atoms. The number of nitrogens with zero attached hydrogens (tertiary/aromatic N) is 4. The number of carbonyl (C=O) groups is 2. The molecule has 0 bridgehead atoms. The van der Waals surface area contributed by atoms with E-state index < -0.39 is 5.92 Å². The molecule has 3 aromatic rings. The van der Waals surface area contributed by atoms with Gasteiger partial charge in [-0.2, -0.15) is 0 Å². The average molecular weight is 525 g/mol. The van der Waals surface area contributed by atoms with Gasteiger partial charge in [0.1, 0.15) is 11.6 Å². The Morgan fingerprint density at radius 3 is 2.28 bits per heavy atom. The van der Waals surface area contributed by atoms with Crippen LogP contribution < -0.4 is 9.64 Å². The SMILES string of the molecule is COc1ccc([C@H]2[C@H](C(=O)N3CCN(c4ccccn4)CC3)c3ccccc3C(=O)N2C2CCCCC2)cc1. The van der Waals surface area contributed by atoms with E-state index in [-0.39, 0.29) is 23.9 Å². The van der Waals surface area contributed by atoms with E-state index in [9.17, 15) is 9.59 Å². The minimum Gasteiger partial charge on any atom is -0.497 e. The van der Waals surface area contributed by atoms with Crippen LogP contribution in [0.2, 0.25) is 0 Å². The molecule has 3 aliphatic rings. The predicted molar refractivity (Wildman–Crippen MR) is 151 cm³/mol. The van der Waals surface area contributed by atoms with E-state index in [1.54, 1.807) is 7.11 Å². The number of hydrogen-bond donors (Lipinski definition) is 0. The van der Waals surface area contributed by atoms with E-state index in [1.807, 2.05) is 77.8 Å². The second-order valence-electron chi connectivity index (χ2n) is 10.8. The van der Waals surface area contributed by atoms with Crippen molar-refractivity contribution >= 4 is 17.6 Å². The van der Waals surface area contributed by atoms with Gasteiger partial charge < -0.3 is 19.4 Å². The van der Waals surface area contributed by atoms with Crippen molar-refractivity contribution in [2.45, 2.75) is 50.1 Å². The largest absolute Gasteiger partial charge is 0.497 e. The van der Waals surface area contributed by atoms with E-state index >= 15 is 0 Å². The molecule has 2 aliphatic heterocycles. The molecule has 6 rings (SSSR count). The number of hydrogen-bond acceptors (Lipinski definition) is 5. The van der Waals surface area contributed by atoms with E-state index in [2.05, 4.69) is 14.8 Å². The molecule has 2 atom stereocenters. The van der Waals surface area contributed by atoms with Gasteiger partial charge in [0.05, 0.1) is 19.1 Å². The zero-order chi connectivity index (χ0) is 26.8. The average Bonchev–Trinajstić information content (AvgIpc) is 3.01. The van der Waals surface area contributed by atoms with E-state index in [4.69, 9.17) is 4.74 Å². The van der Waals surface area contributed by atoms with Gasteiger partial charge >= 0.3 is 0 Å². The number of rotatable bonds is 5. The minimum absolute atomic E-state index is 0.0438. The molecular weight excluding hydrogens is 488 g/mol. The van der Waals surface area contributed by atoms with Crippen LogP contribution in [0.25, 0.3) is 0 Å².